The van der Waals surface area contributed by atoms with E-state index in [4.69, 9.17) is 28.4 Å². The Morgan fingerprint density at radius 1 is 0.597 bits per heavy atom. The van der Waals surface area contributed by atoms with Crippen LogP contribution in [0.4, 0.5) is 0 Å². The first kappa shape index (κ1) is 44.8. The summed E-state index contributed by atoms with van der Waals surface area (Å²) in [6, 6.07) is 48.7. The largest absolute Gasteiger partial charge is 0.374 e. The molecule has 10 nitrogen and oxygen atoms in total. The van der Waals surface area contributed by atoms with E-state index in [0.717, 1.165) is 53.5 Å². The van der Waals surface area contributed by atoms with E-state index in [1.807, 2.05) is 152 Å². The van der Waals surface area contributed by atoms with Gasteiger partial charge in [0.15, 0.2) is 6.29 Å². The van der Waals surface area contributed by atoms with E-state index < -0.39 is 36.7 Å². The molecule has 5 aromatic rings. The molecule has 0 radical (unpaired) electrons. The lowest BCUT2D eigenvalue weighted by atomic mass is 9.94. The molecule has 62 heavy (non-hydrogen) atoms. The van der Waals surface area contributed by atoms with Crippen molar-refractivity contribution in [2.45, 2.75) is 108 Å². The molecule has 1 unspecified atom stereocenters. The van der Waals surface area contributed by atoms with E-state index in [1.165, 1.54) is 13.3 Å². The number of nitrogens with one attached hydrogen (secondary N) is 1. The highest BCUT2D eigenvalue weighted by molar-refractivity contribution is 5.88. The molecule has 1 aliphatic carbocycles. The molecule has 6 atom stereocenters. The van der Waals surface area contributed by atoms with Crippen molar-refractivity contribution in [1.29, 1.82) is 0 Å². The van der Waals surface area contributed by atoms with Crippen LogP contribution in [0.1, 0.15) is 72.9 Å². The third-order valence-corrected chi connectivity index (χ3v) is 11.5. The molecular formula is C52H60N2O8. The summed E-state index contributed by atoms with van der Waals surface area (Å²) in [5.74, 6) is -0.437. The Balaban J connectivity index is 1.17. The summed E-state index contributed by atoms with van der Waals surface area (Å²) in [4.78, 5) is 29.3. The predicted octanol–water partition coefficient (Wildman–Crippen LogP) is 8.74. The summed E-state index contributed by atoms with van der Waals surface area (Å²) < 4.78 is 40.4. The molecule has 1 N–H and O–H groups in total. The molecule has 1 saturated carbocycles. The van der Waals surface area contributed by atoms with Gasteiger partial charge in [-0.15, -0.1) is 0 Å². The van der Waals surface area contributed by atoms with Gasteiger partial charge in [0.1, 0.15) is 30.5 Å². The minimum atomic E-state index is -0.957. The van der Waals surface area contributed by atoms with Crippen LogP contribution in [0, 0.1) is 0 Å². The highest BCUT2D eigenvalue weighted by Crippen LogP contribution is 2.32. The normalized spacial score (nSPS) is 20.9. The highest BCUT2D eigenvalue weighted by Gasteiger charge is 2.49. The fourth-order valence-corrected chi connectivity index (χ4v) is 8.25. The van der Waals surface area contributed by atoms with Gasteiger partial charge < -0.3 is 38.6 Å². The van der Waals surface area contributed by atoms with E-state index in [2.05, 4.69) is 5.32 Å². The number of carbonyl (C=O) groups is 2. The molecule has 2 fully saturated rings. The topological polar surface area (TPSA) is 105 Å². The summed E-state index contributed by atoms with van der Waals surface area (Å²) in [5, 5.41) is 3.27. The molecule has 1 aliphatic heterocycles. The van der Waals surface area contributed by atoms with Crippen molar-refractivity contribution in [3.05, 3.63) is 179 Å². The first-order chi connectivity index (χ1) is 30.5. The molecule has 1 heterocycles. The van der Waals surface area contributed by atoms with Gasteiger partial charge >= 0.3 is 0 Å². The Hall–Kier alpha value is -5.20. The second-order valence-electron chi connectivity index (χ2n) is 16.1. The number of carbonyl (C=O) groups excluding carboxylic acids is 2. The molecule has 10 heteroatoms. The summed E-state index contributed by atoms with van der Waals surface area (Å²) in [7, 11) is 0. The van der Waals surface area contributed by atoms with Crippen molar-refractivity contribution in [1.82, 2.24) is 10.2 Å². The monoisotopic (exact) mass is 840 g/mol. The summed E-state index contributed by atoms with van der Waals surface area (Å²) in [6.07, 6.45) is 1.52. The van der Waals surface area contributed by atoms with Crippen LogP contribution in [0.15, 0.2) is 152 Å². The van der Waals surface area contributed by atoms with Crippen molar-refractivity contribution in [2.75, 3.05) is 19.8 Å². The van der Waals surface area contributed by atoms with Crippen molar-refractivity contribution in [3.8, 4) is 0 Å². The minimum absolute atomic E-state index is 0.0496. The SMILES string of the molecule is CC(=O)N(CCO[C@@H]1O[C@H](COCc2ccccc2)[C@@H](OCc2ccccc2)[C@H](OCc2ccccc2)[C@H]1OCc1ccccc1)C(C(=O)NC1CCCCC1)c1ccccc1. The van der Waals surface area contributed by atoms with Crippen LogP contribution in [0.5, 0.6) is 0 Å². The maximum Gasteiger partial charge on any atom is 0.247 e. The summed E-state index contributed by atoms with van der Waals surface area (Å²) in [6.45, 7) is 3.08. The predicted molar refractivity (Wildman–Crippen MR) is 237 cm³/mol. The van der Waals surface area contributed by atoms with Crippen molar-refractivity contribution >= 4 is 11.8 Å². The van der Waals surface area contributed by atoms with Gasteiger partial charge in [0, 0.05) is 19.5 Å². The lowest BCUT2D eigenvalue weighted by molar-refractivity contribution is -0.328. The van der Waals surface area contributed by atoms with E-state index in [9.17, 15) is 9.59 Å². The summed E-state index contributed by atoms with van der Waals surface area (Å²) in [5.41, 5.74) is 4.73. The number of ether oxygens (including phenoxy) is 6. The number of benzene rings is 5. The van der Waals surface area contributed by atoms with Crippen LogP contribution in [0.3, 0.4) is 0 Å². The van der Waals surface area contributed by atoms with Gasteiger partial charge in [-0.2, -0.15) is 0 Å². The average molecular weight is 841 g/mol. The molecule has 7 rings (SSSR count). The van der Waals surface area contributed by atoms with Gasteiger partial charge in [-0.1, -0.05) is 171 Å². The van der Waals surface area contributed by atoms with Crippen molar-refractivity contribution < 1.29 is 38.0 Å². The zero-order valence-electron chi connectivity index (χ0n) is 35.7. The number of nitrogens with zero attached hydrogens (tertiary/aromatic N) is 1. The van der Waals surface area contributed by atoms with Gasteiger partial charge in [-0.05, 0) is 40.7 Å². The van der Waals surface area contributed by atoms with Crippen molar-refractivity contribution in [3.63, 3.8) is 0 Å². The second kappa shape index (κ2) is 23.9. The van der Waals surface area contributed by atoms with Crippen LogP contribution in [-0.2, 0) is 64.4 Å². The number of rotatable bonds is 21. The van der Waals surface area contributed by atoms with Gasteiger partial charge in [-0.25, -0.2) is 0 Å². The van der Waals surface area contributed by atoms with E-state index in [-0.39, 0.29) is 44.2 Å². The fraction of sp³-hybridized carbons (Fsp3) is 0.385. The zero-order chi connectivity index (χ0) is 42.8. The van der Waals surface area contributed by atoms with Crippen LogP contribution in [0.2, 0.25) is 0 Å². The zero-order valence-corrected chi connectivity index (χ0v) is 35.7. The van der Waals surface area contributed by atoms with Crippen LogP contribution in [-0.4, -0.2) is 73.2 Å². The maximum absolute atomic E-state index is 14.1. The Bertz CT molecular complexity index is 2040. The molecule has 1 saturated heterocycles. The molecule has 326 valence electrons. The first-order valence-corrected chi connectivity index (χ1v) is 22.0. The standard InChI is InChI=1S/C52H60N2O8/c1-39(55)54(47(44-28-16-6-17-29-44)51(56)53-45-30-18-7-19-31-45)32-33-58-52-50(61-37-43-26-14-5-15-27-43)49(60-36-42-24-12-4-13-25-42)48(59-35-41-22-10-3-11-23-41)46(62-52)38-57-34-40-20-8-2-9-21-40/h2-6,8-17,20-29,45-50,52H,7,18-19,30-38H2,1H3,(H,53,56)/t46-,47?,48-,49+,50-,52-/m1/s1. The molecule has 0 aromatic heterocycles. The molecule has 2 aliphatic rings. The Morgan fingerprint density at radius 2 is 1.06 bits per heavy atom. The van der Waals surface area contributed by atoms with E-state index in [1.54, 1.807) is 4.90 Å². The van der Waals surface area contributed by atoms with Crippen molar-refractivity contribution in [2.24, 2.45) is 0 Å². The quantitative estimate of drug-likeness (QED) is 0.0783. The average Bonchev–Trinajstić information content (AvgIpc) is 3.31. The number of amides is 2. The second-order valence-corrected chi connectivity index (χ2v) is 16.1. The number of hydrogen-bond donors (Lipinski definition) is 1. The minimum Gasteiger partial charge on any atom is -0.374 e. The number of hydrogen-bond acceptors (Lipinski definition) is 8. The molecule has 0 bridgehead atoms. The Kier molecular flexibility index (Phi) is 17.3. The van der Waals surface area contributed by atoms with Gasteiger partial charge in [0.2, 0.25) is 11.8 Å². The van der Waals surface area contributed by atoms with E-state index in [0.29, 0.717) is 19.8 Å². The lowest BCUT2D eigenvalue weighted by Gasteiger charge is -2.46. The van der Waals surface area contributed by atoms with Gasteiger partial charge in [0.05, 0.1) is 39.6 Å². The van der Waals surface area contributed by atoms with Crippen LogP contribution >= 0.6 is 0 Å². The maximum atomic E-state index is 14.1. The first-order valence-electron chi connectivity index (χ1n) is 22.0. The van der Waals surface area contributed by atoms with Gasteiger partial charge in [0.25, 0.3) is 0 Å². The third-order valence-electron chi connectivity index (χ3n) is 11.5. The third kappa shape index (κ3) is 13.2. The molecule has 2 amide bonds. The van der Waals surface area contributed by atoms with E-state index >= 15 is 0 Å². The highest BCUT2D eigenvalue weighted by atomic mass is 16.7. The molecular weight excluding hydrogens is 781 g/mol. The summed E-state index contributed by atoms with van der Waals surface area (Å²) >= 11 is 0. The molecule has 5 aromatic carbocycles. The Labute approximate surface area is 366 Å². The smallest absolute Gasteiger partial charge is 0.247 e. The Morgan fingerprint density at radius 3 is 1.58 bits per heavy atom. The molecule has 0 spiro atoms. The van der Waals surface area contributed by atoms with Gasteiger partial charge in [-0.3, -0.25) is 9.59 Å². The fourth-order valence-electron chi connectivity index (χ4n) is 8.25. The van der Waals surface area contributed by atoms with Crippen LogP contribution in [0.25, 0.3) is 0 Å². The van der Waals surface area contributed by atoms with Crippen LogP contribution < -0.4 is 5.32 Å². The lowest BCUT2D eigenvalue weighted by Crippen LogP contribution is -2.62.